The molecule has 1 atom stereocenters. The van der Waals surface area contributed by atoms with Gasteiger partial charge in [-0.25, -0.2) is 0 Å². The van der Waals surface area contributed by atoms with Gasteiger partial charge in [-0.1, -0.05) is 51.1 Å². The Kier molecular flexibility index (Phi) is 4.34. The number of rotatable bonds is 4. The van der Waals surface area contributed by atoms with Crippen LogP contribution in [0.5, 0.6) is 5.75 Å². The minimum Gasteiger partial charge on any atom is -0.496 e. The molecule has 108 valence electrons. The fourth-order valence-corrected chi connectivity index (χ4v) is 2.25. The van der Waals surface area contributed by atoms with Gasteiger partial charge in [0.1, 0.15) is 5.75 Å². The highest BCUT2D eigenvalue weighted by molar-refractivity contribution is 5.87. The molecule has 0 radical (unpaired) electrons. The topological polar surface area (TPSA) is 21.3 Å². The van der Waals surface area contributed by atoms with E-state index in [9.17, 15) is 0 Å². The maximum Gasteiger partial charge on any atom is 0.123 e. The van der Waals surface area contributed by atoms with E-state index in [1.165, 1.54) is 16.3 Å². The van der Waals surface area contributed by atoms with Crippen LogP contribution in [-0.2, 0) is 6.54 Å². The minimum absolute atomic E-state index is 0.248. The van der Waals surface area contributed by atoms with Crippen LogP contribution >= 0.6 is 0 Å². The second kappa shape index (κ2) is 5.84. The Labute approximate surface area is 122 Å². The average Bonchev–Trinajstić information content (AvgIpc) is 2.43. The fourth-order valence-electron chi connectivity index (χ4n) is 2.25. The third-order valence-electron chi connectivity index (χ3n) is 4.10. The third-order valence-corrected chi connectivity index (χ3v) is 4.10. The Morgan fingerprint density at radius 2 is 1.80 bits per heavy atom. The second-order valence-electron chi connectivity index (χ2n) is 6.44. The van der Waals surface area contributed by atoms with Gasteiger partial charge in [-0.3, -0.25) is 0 Å². The van der Waals surface area contributed by atoms with Crippen LogP contribution in [0.2, 0.25) is 0 Å². The highest BCUT2D eigenvalue weighted by atomic mass is 16.5. The Hall–Kier alpha value is -1.54. The summed E-state index contributed by atoms with van der Waals surface area (Å²) >= 11 is 0. The predicted molar refractivity (Wildman–Crippen MR) is 86.3 cm³/mol. The molecule has 0 aromatic heterocycles. The van der Waals surface area contributed by atoms with Crippen molar-refractivity contribution in [2.75, 3.05) is 7.11 Å². The molecule has 0 saturated heterocycles. The van der Waals surface area contributed by atoms with E-state index in [0.717, 1.165) is 12.3 Å². The zero-order valence-electron chi connectivity index (χ0n) is 13.2. The largest absolute Gasteiger partial charge is 0.496 e. The summed E-state index contributed by atoms with van der Waals surface area (Å²) in [5.41, 5.74) is 1.49. The molecular formula is C18H25NO. The van der Waals surface area contributed by atoms with E-state index in [0.29, 0.717) is 6.04 Å². The summed E-state index contributed by atoms with van der Waals surface area (Å²) in [6.45, 7) is 9.82. The van der Waals surface area contributed by atoms with Crippen molar-refractivity contribution in [3.63, 3.8) is 0 Å². The summed E-state index contributed by atoms with van der Waals surface area (Å²) in [5.74, 6) is 0.956. The van der Waals surface area contributed by atoms with Gasteiger partial charge in [0.15, 0.2) is 0 Å². The molecule has 0 spiro atoms. The smallest absolute Gasteiger partial charge is 0.123 e. The number of ether oxygens (including phenoxy) is 1. The molecule has 20 heavy (non-hydrogen) atoms. The third kappa shape index (κ3) is 3.13. The second-order valence-corrected chi connectivity index (χ2v) is 6.44. The predicted octanol–water partition coefficient (Wildman–Crippen LogP) is 4.37. The lowest BCUT2D eigenvalue weighted by atomic mass is 9.88. The normalized spacial score (nSPS) is 13.4. The van der Waals surface area contributed by atoms with Gasteiger partial charge in [0.05, 0.1) is 7.11 Å². The van der Waals surface area contributed by atoms with Crippen molar-refractivity contribution in [3.05, 3.63) is 42.0 Å². The molecule has 0 bridgehead atoms. The molecule has 1 N–H and O–H groups in total. The first-order valence-electron chi connectivity index (χ1n) is 7.21. The standard InChI is InChI=1S/C18H25NO/c1-13(18(2,3)4)19-12-16-15-9-7-6-8-14(15)10-11-17(16)20-5/h6-11,13,19H,12H2,1-5H3. The Morgan fingerprint density at radius 1 is 1.10 bits per heavy atom. The Balaban J connectivity index is 2.32. The van der Waals surface area contributed by atoms with E-state index in [1.807, 2.05) is 0 Å². The fraction of sp³-hybridized carbons (Fsp3) is 0.444. The van der Waals surface area contributed by atoms with Crippen LogP contribution in [0.25, 0.3) is 10.8 Å². The highest BCUT2D eigenvalue weighted by Crippen LogP contribution is 2.28. The lowest BCUT2D eigenvalue weighted by molar-refractivity contribution is 0.284. The maximum absolute atomic E-state index is 5.53. The van der Waals surface area contributed by atoms with E-state index in [1.54, 1.807) is 7.11 Å². The van der Waals surface area contributed by atoms with Gasteiger partial charge in [-0.05, 0) is 29.2 Å². The van der Waals surface area contributed by atoms with E-state index < -0.39 is 0 Å². The molecule has 0 fully saturated rings. The monoisotopic (exact) mass is 271 g/mol. The number of nitrogens with one attached hydrogen (secondary N) is 1. The summed E-state index contributed by atoms with van der Waals surface area (Å²) < 4.78 is 5.53. The summed E-state index contributed by atoms with van der Waals surface area (Å²) in [6.07, 6.45) is 0. The Morgan fingerprint density at radius 3 is 2.45 bits per heavy atom. The molecule has 0 amide bonds. The molecule has 0 aliphatic rings. The molecule has 0 aliphatic carbocycles. The molecule has 1 unspecified atom stereocenters. The zero-order chi connectivity index (χ0) is 14.8. The zero-order valence-corrected chi connectivity index (χ0v) is 13.2. The van der Waals surface area contributed by atoms with Crippen molar-refractivity contribution in [2.45, 2.75) is 40.3 Å². The van der Waals surface area contributed by atoms with Crippen LogP contribution < -0.4 is 10.1 Å². The van der Waals surface area contributed by atoms with E-state index in [2.05, 4.69) is 69.4 Å². The summed E-state index contributed by atoms with van der Waals surface area (Å²) in [7, 11) is 1.74. The molecule has 2 aromatic rings. The molecule has 2 nitrogen and oxygen atoms in total. The van der Waals surface area contributed by atoms with E-state index in [4.69, 9.17) is 4.74 Å². The lowest BCUT2D eigenvalue weighted by Gasteiger charge is -2.28. The van der Waals surface area contributed by atoms with E-state index in [-0.39, 0.29) is 5.41 Å². The number of hydrogen-bond donors (Lipinski definition) is 1. The summed E-state index contributed by atoms with van der Waals surface area (Å²) in [6, 6.07) is 13.1. The van der Waals surface area contributed by atoms with Crippen molar-refractivity contribution >= 4 is 10.8 Å². The molecule has 0 heterocycles. The molecular weight excluding hydrogens is 246 g/mol. The van der Waals surface area contributed by atoms with Gasteiger partial charge in [0.25, 0.3) is 0 Å². The van der Waals surface area contributed by atoms with Crippen LogP contribution in [-0.4, -0.2) is 13.2 Å². The van der Waals surface area contributed by atoms with Gasteiger partial charge >= 0.3 is 0 Å². The van der Waals surface area contributed by atoms with Crippen molar-refractivity contribution in [1.82, 2.24) is 5.32 Å². The molecule has 2 aromatic carbocycles. The van der Waals surface area contributed by atoms with Gasteiger partial charge < -0.3 is 10.1 Å². The SMILES string of the molecule is COc1ccc2ccccc2c1CNC(C)C(C)(C)C. The average molecular weight is 271 g/mol. The van der Waals surface area contributed by atoms with Crippen molar-refractivity contribution in [3.8, 4) is 5.75 Å². The van der Waals surface area contributed by atoms with Gasteiger partial charge in [0, 0.05) is 18.2 Å². The van der Waals surface area contributed by atoms with Crippen molar-refractivity contribution < 1.29 is 4.74 Å². The van der Waals surface area contributed by atoms with Crippen LogP contribution in [0.3, 0.4) is 0 Å². The number of fused-ring (bicyclic) bond motifs is 1. The molecule has 2 heteroatoms. The first-order chi connectivity index (χ1) is 9.43. The van der Waals surface area contributed by atoms with E-state index >= 15 is 0 Å². The van der Waals surface area contributed by atoms with Crippen LogP contribution in [0.4, 0.5) is 0 Å². The maximum atomic E-state index is 5.53. The van der Waals surface area contributed by atoms with Crippen LogP contribution in [0.15, 0.2) is 36.4 Å². The summed E-state index contributed by atoms with van der Waals surface area (Å²) in [4.78, 5) is 0. The van der Waals surface area contributed by atoms with Crippen molar-refractivity contribution in [2.24, 2.45) is 5.41 Å². The quantitative estimate of drug-likeness (QED) is 0.891. The highest BCUT2D eigenvalue weighted by Gasteiger charge is 2.20. The summed E-state index contributed by atoms with van der Waals surface area (Å²) in [5, 5.41) is 6.15. The first-order valence-corrected chi connectivity index (χ1v) is 7.21. The minimum atomic E-state index is 0.248. The number of methoxy groups -OCH3 is 1. The Bertz CT molecular complexity index is 583. The van der Waals surface area contributed by atoms with Gasteiger partial charge in [-0.15, -0.1) is 0 Å². The van der Waals surface area contributed by atoms with Crippen LogP contribution in [0, 0.1) is 5.41 Å². The lowest BCUT2D eigenvalue weighted by Crippen LogP contribution is -2.37. The number of benzene rings is 2. The van der Waals surface area contributed by atoms with Gasteiger partial charge in [-0.2, -0.15) is 0 Å². The van der Waals surface area contributed by atoms with Crippen LogP contribution in [0.1, 0.15) is 33.3 Å². The first kappa shape index (κ1) is 14.9. The molecule has 2 rings (SSSR count). The van der Waals surface area contributed by atoms with Crippen molar-refractivity contribution in [1.29, 1.82) is 0 Å². The molecule has 0 aliphatic heterocycles. The number of hydrogen-bond acceptors (Lipinski definition) is 2. The molecule has 0 saturated carbocycles. The van der Waals surface area contributed by atoms with Gasteiger partial charge in [0.2, 0.25) is 0 Å².